The van der Waals surface area contributed by atoms with Crippen molar-refractivity contribution in [2.45, 2.75) is 50.6 Å². The van der Waals surface area contributed by atoms with E-state index in [4.69, 9.17) is 4.74 Å². The van der Waals surface area contributed by atoms with E-state index in [1.165, 1.54) is 11.9 Å². The van der Waals surface area contributed by atoms with Crippen LogP contribution >= 0.6 is 0 Å². The fourth-order valence-electron chi connectivity index (χ4n) is 6.76. The van der Waals surface area contributed by atoms with Crippen LogP contribution in [0, 0.1) is 6.92 Å². The van der Waals surface area contributed by atoms with Crippen molar-refractivity contribution in [2.24, 2.45) is 0 Å². The summed E-state index contributed by atoms with van der Waals surface area (Å²) in [6.45, 7) is 6.70. The number of aromatic nitrogens is 6. The van der Waals surface area contributed by atoms with E-state index in [1.807, 2.05) is 67.1 Å². The molecule has 0 radical (unpaired) electrons. The zero-order valence-corrected chi connectivity index (χ0v) is 24.6. The fourth-order valence-corrected chi connectivity index (χ4v) is 6.76. The molecule has 1 aromatic carbocycles. The van der Waals surface area contributed by atoms with Crippen LogP contribution in [0.5, 0.6) is 11.5 Å². The topological polar surface area (TPSA) is 105 Å². The van der Waals surface area contributed by atoms with Gasteiger partial charge in [0.15, 0.2) is 11.5 Å². The lowest BCUT2D eigenvalue weighted by molar-refractivity contribution is -0.131. The lowest BCUT2D eigenvalue weighted by Crippen LogP contribution is -2.47. The zero-order valence-electron chi connectivity index (χ0n) is 24.6. The lowest BCUT2D eigenvalue weighted by atomic mass is 9.85. The molecule has 43 heavy (non-hydrogen) atoms. The van der Waals surface area contributed by atoms with Crippen LogP contribution < -0.4 is 10.1 Å². The molecule has 5 aromatic rings. The molecule has 1 N–H and O–H groups in total. The highest BCUT2D eigenvalue weighted by Crippen LogP contribution is 2.45. The van der Waals surface area contributed by atoms with Gasteiger partial charge in [-0.25, -0.2) is 19.0 Å². The summed E-state index contributed by atoms with van der Waals surface area (Å²) in [6, 6.07) is 12.3. The fraction of sp³-hybridized carbons (Fsp3) is 0.344. The maximum Gasteiger partial charge on any atom is 0.250 e. The standard InChI is InChI=1S/C32H35N9O2/c1-20-13-23(5-8-28(20)43-26-9-11-39-29(16-26)33-18-35-39)37-31-30-27(10-12-40(30)36-19-34-31)22-14-24-6-7-25(15-22)41(24)32(42)21(2)17-38(3)4/h5,8-13,16,18-19,22,24-25H,2,6-7,14-15,17H2,1,3-4H3,(H,34,36,37)/t22-,24-,25+. The second-order valence-electron chi connectivity index (χ2n) is 11.9. The summed E-state index contributed by atoms with van der Waals surface area (Å²) in [5.41, 5.74) is 5.48. The van der Waals surface area contributed by atoms with Gasteiger partial charge < -0.3 is 19.9 Å². The number of amides is 1. The number of anilines is 2. The summed E-state index contributed by atoms with van der Waals surface area (Å²) in [5.74, 6) is 2.64. The van der Waals surface area contributed by atoms with Crippen LogP contribution in [0.3, 0.4) is 0 Å². The molecule has 220 valence electrons. The van der Waals surface area contributed by atoms with Crippen LogP contribution in [0.2, 0.25) is 0 Å². The molecule has 1 amide bonds. The summed E-state index contributed by atoms with van der Waals surface area (Å²) in [6.07, 6.45) is 10.9. The van der Waals surface area contributed by atoms with Crippen molar-refractivity contribution in [1.29, 1.82) is 0 Å². The molecule has 7 rings (SSSR count). The second kappa shape index (κ2) is 10.8. The summed E-state index contributed by atoms with van der Waals surface area (Å²) >= 11 is 0. The Balaban J connectivity index is 1.10. The molecule has 2 saturated heterocycles. The molecular formula is C32H35N9O2. The number of carbonyl (C=O) groups excluding carboxylic acids is 1. The maximum atomic E-state index is 13.3. The van der Waals surface area contributed by atoms with Crippen LogP contribution in [-0.2, 0) is 4.79 Å². The van der Waals surface area contributed by atoms with Gasteiger partial charge in [-0.2, -0.15) is 10.2 Å². The highest BCUT2D eigenvalue weighted by Gasteiger charge is 2.44. The van der Waals surface area contributed by atoms with E-state index in [-0.39, 0.29) is 18.0 Å². The molecule has 2 aliphatic rings. The second-order valence-corrected chi connectivity index (χ2v) is 11.9. The molecular weight excluding hydrogens is 542 g/mol. The van der Waals surface area contributed by atoms with E-state index in [9.17, 15) is 4.79 Å². The van der Waals surface area contributed by atoms with E-state index < -0.39 is 0 Å². The summed E-state index contributed by atoms with van der Waals surface area (Å²) in [5, 5.41) is 12.2. The van der Waals surface area contributed by atoms with Gasteiger partial charge in [-0.05, 0) is 94.1 Å². The van der Waals surface area contributed by atoms with E-state index >= 15 is 0 Å². The van der Waals surface area contributed by atoms with Crippen LogP contribution in [-0.4, -0.2) is 77.6 Å². The molecule has 0 spiro atoms. The van der Waals surface area contributed by atoms with Gasteiger partial charge in [0.25, 0.3) is 5.91 Å². The minimum atomic E-state index is 0.106. The van der Waals surface area contributed by atoms with Crippen LogP contribution in [0.15, 0.2) is 73.6 Å². The van der Waals surface area contributed by atoms with Gasteiger partial charge in [0.2, 0.25) is 0 Å². The Hall–Kier alpha value is -4.77. The molecule has 2 bridgehead atoms. The quantitative estimate of drug-likeness (QED) is 0.258. The molecule has 2 aliphatic heterocycles. The first kappa shape index (κ1) is 27.1. The number of hydrogen-bond donors (Lipinski definition) is 1. The largest absolute Gasteiger partial charge is 0.457 e. The minimum Gasteiger partial charge on any atom is -0.457 e. The molecule has 11 heteroatoms. The van der Waals surface area contributed by atoms with E-state index in [0.717, 1.165) is 59.7 Å². The third kappa shape index (κ3) is 5.10. The third-order valence-corrected chi connectivity index (χ3v) is 8.62. The van der Waals surface area contributed by atoms with Crippen LogP contribution in [0.25, 0.3) is 11.2 Å². The van der Waals surface area contributed by atoms with E-state index in [2.05, 4.69) is 49.1 Å². The van der Waals surface area contributed by atoms with Crippen molar-refractivity contribution in [1.82, 2.24) is 39.0 Å². The van der Waals surface area contributed by atoms with Crippen molar-refractivity contribution in [3.05, 3.63) is 84.7 Å². The number of carbonyl (C=O) groups is 1. The molecule has 6 heterocycles. The first-order chi connectivity index (χ1) is 20.8. The van der Waals surface area contributed by atoms with E-state index in [0.29, 0.717) is 23.8 Å². The number of likely N-dealkylation sites (N-methyl/N-ethyl adjacent to an activating group) is 1. The van der Waals surface area contributed by atoms with Crippen LogP contribution in [0.4, 0.5) is 11.5 Å². The van der Waals surface area contributed by atoms with Crippen molar-refractivity contribution in [3.8, 4) is 11.5 Å². The Kier molecular flexibility index (Phi) is 6.81. The highest BCUT2D eigenvalue weighted by atomic mass is 16.5. The maximum absolute atomic E-state index is 13.3. The number of pyridine rings is 1. The number of nitrogens with zero attached hydrogens (tertiary/aromatic N) is 8. The Morgan fingerprint density at radius 1 is 1.02 bits per heavy atom. The minimum absolute atomic E-state index is 0.106. The molecule has 11 nitrogen and oxygen atoms in total. The monoisotopic (exact) mass is 577 g/mol. The average molecular weight is 578 g/mol. The van der Waals surface area contributed by atoms with Gasteiger partial charge in [-0.3, -0.25) is 4.79 Å². The number of rotatable bonds is 8. The normalized spacial score (nSPS) is 19.8. The molecule has 0 saturated carbocycles. The van der Waals surface area contributed by atoms with Crippen molar-refractivity contribution >= 4 is 28.6 Å². The predicted molar refractivity (Wildman–Crippen MR) is 164 cm³/mol. The number of nitrogens with one attached hydrogen (secondary N) is 1. The summed E-state index contributed by atoms with van der Waals surface area (Å²) in [4.78, 5) is 26.3. The molecule has 3 atom stereocenters. The van der Waals surface area contributed by atoms with Gasteiger partial charge in [0.05, 0.1) is 0 Å². The Morgan fingerprint density at radius 3 is 2.53 bits per heavy atom. The van der Waals surface area contributed by atoms with E-state index in [1.54, 1.807) is 10.8 Å². The number of aryl methyl sites for hydroxylation is 1. The highest BCUT2D eigenvalue weighted by molar-refractivity contribution is 5.94. The van der Waals surface area contributed by atoms with Crippen molar-refractivity contribution in [2.75, 3.05) is 26.0 Å². The Labute approximate surface area is 249 Å². The average Bonchev–Trinajstić information content (AvgIpc) is 3.70. The summed E-state index contributed by atoms with van der Waals surface area (Å²) < 4.78 is 9.75. The zero-order chi connectivity index (χ0) is 29.7. The molecule has 2 fully saturated rings. The molecule has 0 unspecified atom stereocenters. The molecule has 0 aliphatic carbocycles. The smallest absolute Gasteiger partial charge is 0.250 e. The van der Waals surface area contributed by atoms with Gasteiger partial charge in [0, 0.05) is 48.3 Å². The van der Waals surface area contributed by atoms with Crippen LogP contribution in [0.1, 0.15) is 42.7 Å². The number of benzene rings is 1. The van der Waals surface area contributed by atoms with Gasteiger partial charge in [-0.15, -0.1) is 0 Å². The Bertz CT molecular complexity index is 1830. The predicted octanol–water partition coefficient (Wildman–Crippen LogP) is 4.97. The number of hydrogen-bond acceptors (Lipinski definition) is 8. The number of fused-ring (bicyclic) bond motifs is 4. The summed E-state index contributed by atoms with van der Waals surface area (Å²) in [7, 11) is 3.94. The first-order valence-electron chi connectivity index (χ1n) is 14.7. The Morgan fingerprint density at radius 2 is 1.77 bits per heavy atom. The number of ether oxygens (including phenoxy) is 1. The third-order valence-electron chi connectivity index (χ3n) is 8.62. The SMILES string of the molecule is C=C(CN(C)C)C(=O)N1[C@@H]2CC[C@H]1C[C@H](c1ccn3ncnc(Nc4ccc(Oc5ccn6ncnc6c5)c(C)c4)c13)C2. The van der Waals surface area contributed by atoms with Crippen molar-refractivity contribution < 1.29 is 9.53 Å². The van der Waals surface area contributed by atoms with Gasteiger partial charge in [0.1, 0.15) is 29.7 Å². The van der Waals surface area contributed by atoms with Crippen molar-refractivity contribution in [3.63, 3.8) is 0 Å². The first-order valence-corrected chi connectivity index (χ1v) is 14.7. The van der Waals surface area contributed by atoms with Gasteiger partial charge >= 0.3 is 0 Å². The number of piperidine rings is 1. The molecule has 4 aromatic heterocycles. The lowest BCUT2D eigenvalue weighted by Gasteiger charge is -2.39. The van der Waals surface area contributed by atoms with Gasteiger partial charge in [-0.1, -0.05) is 6.58 Å².